The number of β-amino-alcohol motifs (C(OH)–C–C–N with tert-alkyl or cyclic N) is 1. The van der Waals surface area contributed by atoms with Crippen LogP contribution in [0.5, 0.6) is 5.75 Å². The molecule has 0 aromatic heterocycles. The summed E-state index contributed by atoms with van der Waals surface area (Å²) in [5, 5.41) is 10.4. The van der Waals surface area contributed by atoms with Gasteiger partial charge in [-0.05, 0) is 24.6 Å². The molecular weight excluding hydrogens is 254 g/mol. The number of aliphatic hydroxyl groups is 1. The van der Waals surface area contributed by atoms with Gasteiger partial charge in [-0.1, -0.05) is 18.5 Å². The Balaban J connectivity index is 2.18. The summed E-state index contributed by atoms with van der Waals surface area (Å²) in [5.41, 5.74) is -0.301. The summed E-state index contributed by atoms with van der Waals surface area (Å²) in [6, 6.07) is 4.93. The predicted molar refractivity (Wildman–Crippen MR) is 69.1 cm³/mol. The van der Waals surface area contributed by atoms with Crippen LogP contribution in [0, 0.1) is 0 Å². The number of hydrogen-bond donors (Lipinski definition) is 1. The van der Waals surface area contributed by atoms with E-state index in [0.29, 0.717) is 35.8 Å². The monoisotopic (exact) mass is 269 g/mol. The van der Waals surface area contributed by atoms with Gasteiger partial charge in [0, 0.05) is 5.02 Å². The number of nitrogens with zero attached hydrogens (tertiary/aromatic N) is 1. The number of halogens is 1. The molecule has 1 aromatic rings. The molecule has 1 aromatic carbocycles. The van der Waals surface area contributed by atoms with Crippen molar-refractivity contribution in [2.75, 3.05) is 20.2 Å². The Morgan fingerprint density at radius 1 is 1.56 bits per heavy atom. The third-order valence-corrected chi connectivity index (χ3v) is 3.54. The molecular formula is C13H16ClNO3. The zero-order valence-corrected chi connectivity index (χ0v) is 11.2. The number of likely N-dealkylation sites (tertiary alicyclic amines) is 1. The van der Waals surface area contributed by atoms with Crippen LogP contribution in [0.25, 0.3) is 0 Å². The molecule has 4 nitrogen and oxygen atoms in total. The van der Waals surface area contributed by atoms with Gasteiger partial charge in [-0.25, -0.2) is 0 Å². The molecule has 1 heterocycles. The molecule has 98 valence electrons. The number of carbonyl (C=O) groups excluding carboxylic acids is 1. The smallest absolute Gasteiger partial charge is 0.257 e. The van der Waals surface area contributed by atoms with Crippen LogP contribution in [-0.2, 0) is 0 Å². The largest absolute Gasteiger partial charge is 0.496 e. The molecule has 1 amide bonds. The van der Waals surface area contributed by atoms with E-state index in [-0.39, 0.29) is 5.91 Å². The number of rotatable bonds is 3. The highest BCUT2D eigenvalue weighted by molar-refractivity contribution is 6.31. The van der Waals surface area contributed by atoms with Crippen LogP contribution in [0.15, 0.2) is 18.2 Å². The van der Waals surface area contributed by atoms with Gasteiger partial charge >= 0.3 is 0 Å². The maximum atomic E-state index is 12.2. The van der Waals surface area contributed by atoms with Crippen LogP contribution in [0.1, 0.15) is 23.7 Å². The summed E-state index contributed by atoms with van der Waals surface area (Å²) in [4.78, 5) is 13.8. The normalized spacial score (nSPS) is 17.2. The fourth-order valence-corrected chi connectivity index (χ4v) is 2.22. The molecule has 0 aliphatic carbocycles. The van der Waals surface area contributed by atoms with Crippen molar-refractivity contribution >= 4 is 17.5 Å². The van der Waals surface area contributed by atoms with E-state index >= 15 is 0 Å². The topological polar surface area (TPSA) is 49.8 Å². The van der Waals surface area contributed by atoms with E-state index in [1.807, 2.05) is 6.92 Å². The summed E-state index contributed by atoms with van der Waals surface area (Å²) < 4.78 is 5.15. The maximum absolute atomic E-state index is 12.2. The Kier molecular flexibility index (Phi) is 3.50. The first-order chi connectivity index (χ1) is 8.49. The van der Waals surface area contributed by atoms with Gasteiger partial charge in [0.15, 0.2) is 0 Å². The average Bonchev–Trinajstić information content (AvgIpc) is 2.34. The Bertz CT molecular complexity index is 469. The fourth-order valence-electron chi connectivity index (χ4n) is 2.05. The van der Waals surface area contributed by atoms with Crippen molar-refractivity contribution in [2.24, 2.45) is 0 Å². The van der Waals surface area contributed by atoms with E-state index in [1.54, 1.807) is 23.1 Å². The van der Waals surface area contributed by atoms with Crippen LogP contribution < -0.4 is 4.74 Å². The summed E-state index contributed by atoms with van der Waals surface area (Å²) in [7, 11) is 1.51. The van der Waals surface area contributed by atoms with Crippen LogP contribution in [0.4, 0.5) is 0 Å². The van der Waals surface area contributed by atoms with Gasteiger partial charge in [0.2, 0.25) is 0 Å². The molecule has 18 heavy (non-hydrogen) atoms. The molecule has 0 bridgehead atoms. The van der Waals surface area contributed by atoms with E-state index in [2.05, 4.69) is 0 Å². The number of methoxy groups -OCH3 is 1. The quantitative estimate of drug-likeness (QED) is 0.912. The minimum atomic E-state index is -0.735. The zero-order valence-electron chi connectivity index (χ0n) is 10.4. The van der Waals surface area contributed by atoms with Crippen molar-refractivity contribution in [3.05, 3.63) is 28.8 Å². The SMILES string of the molecule is CCC1(O)CN(C(=O)c2cc(Cl)ccc2OC)C1. The third-order valence-electron chi connectivity index (χ3n) is 3.31. The van der Waals surface area contributed by atoms with Gasteiger partial charge in [-0.15, -0.1) is 0 Å². The first kappa shape index (κ1) is 13.2. The van der Waals surface area contributed by atoms with Crippen LogP contribution in [0.3, 0.4) is 0 Å². The summed E-state index contributed by atoms with van der Waals surface area (Å²) >= 11 is 5.89. The Labute approximate surface area is 111 Å². The molecule has 1 N–H and O–H groups in total. The highest BCUT2D eigenvalue weighted by atomic mass is 35.5. The van der Waals surface area contributed by atoms with Gasteiger partial charge < -0.3 is 14.7 Å². The molecule has 0 spiro atoms. The van der Waals surface area contributed by atoms with Crippen molar-refractivity contribution in [2.45, 2.75) is 18.9 Å². The van der Waals surface area contributed by atoms with Crippen LogP contribution in [-0.4, -0.2) is 41.7 Å². The van der Waals surface area contributed by atoms with Crippen LogP contribution in [0.2, 0.25) is 5.02 Å². The molecule has 0 radical (unpaired) electrons. The maximum Gasteiger partial charge on any atom is 0.257 e. The lowest BCUT2D eigenvalue weighted by Gasteiger charge is -2.46. The summed E-state index contributed by atoms with van der Waals surface area (Å²) in [6.07, 6.45) is 0.642. The van der Waals surface area contributed by atoms with E-state index in [1.165, 1.54) is 7.11 Å². The van der Waals surface area contributed by atoms with Gasteiger partial charge in [0.05, 0.1) is 31.4 Å². The van der Waals surface area contributed by atoms with Gasteiger partial charge in [-0.3, -0.25) is 4.79 Å². The second-order valence-corrected chi connectivity index (χ2v) is 5.02. The van der Waals surface area contributed by atoms with Crippen molar-refractivity contribution in [1.82, 2.24) is 4.90 Å². The summed E-state index contributed by atoms with van der Waals surface area (Å²) in [6.45, 7) is 2.62. The van der Waals surface area contributed by atoms with E-state index in [4.69, 9.17) is 16.3 Å². The first-order valence-corrected chi connectivity index (χ1v) is 6.22. The molecule has 1 fully saturated rings. The highest BCUT2D eigenvalue weighted by Gasteiger charge is 2.42. The van der Waals surface area contributed by atoms with Gasteiger partial charge in [0.1, 0.15) is 5.75 Å². The van der Waals surface area contributed by atoms with Gasteiger partial charge in [-0.2, -0.15) is 0 Å². The molecule has 0 unspecified atom stereocenters. The molecule has 5 heteroatoms. The van der Waals surface area contributed by atoms with Crippen molar-refractivity contribution < 1.29 is 14.6 Å². The molecule has 0 atom stereocenters. The Morgan fingerprint density at radius 2 is 2.22 bits per heavy atom. The highest BCUT2D eigenvalue weighted by Crippen LogP contribution is 2.29. The lowest BCUT2D eigenvalue weighted by Crippen LogP contribution is -2.63. The standard InChI is InChI=1S/C13H16ClNO3/c1-3-13(17)7-15(8-13)12(16)10-6-9(14)4-5-11(10)18-2/h4-6,17H,3,7-8H2,1-2H3. The number of hydrogen-bond acceptors (Lipinski definition) is 3. The predicted octanol–water partition coefficient (Wildman–Crippen LogP) is 1.95. The minimum Gasteiger partial charge on any atom is -0.496 e. The van der Waals surface area contributed by atoms with Crippen LogP contribution >= 0.6 is 11.6 Å². The third kappa shape index (κ3) is 2.31. The minimum absolute atomic E-state index is 0.160. The van der Waals surface area contributed by atoms with E-state index < -0.39 is 5.60 Å². The summed E-state index contributed by atoms with van der Waals surface area (Å²) in [5.74, 6) is 0.337. The fraction of sp³-hybridized carbons (Fsp3) is 0.462. The molecule has 1 aliphatic heterocycles. The van der Waals surface area contributed by atoms with Crippen molar-refractivity contribution in [3.63, 3.8) is 0 Å². The lowest BCUT2D eigenvalue weighted by atomic mass is 9.90. The molecule has 1 saturated heterocycles. The first-order valence-electron chi connectivity index (χ1n) is 5.84. The van der Waals surface area contributed by atoms with Crippen molar-refractivity contribution in [3.8, 4) is 5.75 Å². The molecule has 1 aliphatic rings. The Morgan fingerprint density at radius 3 is 2.78 bits per heavy atom. The Hall–Kier alpha value is -1.26. The lowest BCUT2D eigenvalue weighted by molar-refractivity contribution is -0.0827. The number of benzene rings is 1. The second-order valence-electron chi connectivity index (χ2n) is 4.58. The second kappa shape index (κ2) is 4.78. The zero-order chi connectivity index (χ0) is 13.3. The van der Waals surface area contributed by atoms with E-state index in [0.717, 1.165) is 0 Å². The van der Waals surface area contributed by atoms with Crippen molar-refractivity contribution in [1.29, 1.82) is 0 Å². The molecule has 0 saturated carbocycles. The molecule has 2 rings (SSSR count). The number of amides is 1. The van der Waals surface area contributed by atoms with Gasteiger partial charge in [0.25, 0.3) is 5.91 Å². The average molecular weight is 270 g/mol. The van der Waals surface area contributed by atoms with E-state index in [9.17, 15) is 9.90 Å². The number of carbonyl (C=O) groups is 1. The number of ether oxygens (including phenoxy) is 1.